The van der Waals surface area contributed by atoms with Crippen LogP contribution in [0.2, 0.25) is 0 Å². The van der Waals surface area contributed by atoms with E-state index < -0.39 is 23.6 Å². The van der Waals surface area contributed by atoms with Crippen LogP contribution in [0.15, 0.2) is 52.1 Å². The van der Waals surface area contributed by atoms with Gasteiger partial charge in [0, 0.05) is 12.1 Å². The minimum Gasteiger partial charge on any atom is -0.321 e. The second kappa shape index (κ2) is 6.34. The van der Waals surface area contributed by atoms with Crippen molar-refractivity contribution in [2.45, 2.75) is 6.54 Å². The molecule has 3 N–H and O–H groups in total. The van der Waals surface area contributed by atoms with Gasteiger partial charge in [-0.05, 0) is 23.8 Å². The molecule has 0 saturated heterocycles. The highest BCUT2D eigenvalue weighted by molar-refractivity contribution is 7.60. The van der Waals surface area contributed by atoms with Crippen LogP contribution in [-0.4, -0.2) is 24.3 Å². The smallest absolute Gasteiger partial charge is 0.321 e. The highest BCUT2D eigenvalue weighted by atomic mass is 31.2. The van der Waals surface area contributed by atoms with Gasteiger partial charge >= 0.3 is 18.7 Å². The lowest BCUT2D eigenvalue weighted by Gasteiger charge is -2.10. The summed E-state index contributed by atoms with van der Waals surface area (Å²) in [6.45, 7) is -0.0954. The fraction of sp³-hybridized carbons (Fsp3) is 0.0667. The van der Waals surface area contributed by atoms with Gasteiger partial charge in [0.15, 0.2) is 0 Å². The Morgan fingerprint density at radius 1 is 1.12 bits per heavy atom. The van der Waals surface area contributed by atoms with E-state index in [9.17, 15) is 24.3 Å². The lowest BCUT2D eigenvalue weighted by molar-refractivity contribution is -0.384. The zero-order chi connectivity index (χ0) is 19.1. The van der Waals surface area contributed by atoms with Crippen LogP contribution in [0.4, 0.5) is 5.69 Å². The van der Waals surface area contributed by atoms with Crippen molar-refractivity contribution in [2.75, 3.05) is 0 Å². The summed E-state index contributed by atoms with van der Waals surface area (Å²) in [6.07, 6.45) is 0. The molecule has 134 valence electrons. The molecule has 3 rings (SSSR count). The molecule has 0 spiro atoms. The molecule has 1 aromatic heterocycles. The molecule has 0 saturated carbocycles. The van der Waals surface area contributed by atoms with Crippen LogP contribution < -0.4 is 16.4 Å². The van der Waals surface area contributed by atoms with E-state index in [0.29, 0.717) is 5.56 Å². The number of rotatable bonds is 4. The molecule has 10 nitrogen and oxygen atoms in total. The molecule has 1 heterocycles. The van der Waals surface area contributed by atoms with E-state index in [1.165, 1.54) is 42.5 Å². The van der Waals surface area contributed by atoms with Crippen molar-refractivity contribution >= 4 is 29.6 Å². The summed E-state index contributed by atoms with van der Waals surface area (Å²) in [5.41, 5.74) is -1.09. The van der Waals surface area contributed by atoms with Crippen molar-refractivity contribution < 1.29 is 19.3 Å². The lowest BCUT2D eigenvalue weighted by atomic mass is 10.2. The van der Waals surface area contributed by atoms with Crippen LogP contribution in [0.5, 0.6) is 0 Å². The third kappa shape index (κ3) is 3.33. The quantitative estimate of drug-likeness (QED) is 0.258. The van der Waals surface area contributed by atoms with Crippen molar-refractivity contribution in [3.8, 4) is 0 Å². The zero-order valence-corrected chi connectivity index (χ0v) is 13.9. The summed E-state index contributed by atoms with van der Waals surface area (Å²) in [5, 5.41) is 10.8. The van der Waals surface area contributed by atoms with E-state index in [1.54, 1.807) is 0 Å². The van der Waals surface area contributed by atoms with E-state index >= 15 is 0 Å². The number of aromatic amines is 1. The van der Waals surface area contributed by atoms with Crippen LogP contribution in [0.25, 0.3) is 11.0 Å². The molecular weight excluding hydrogens is 365 g/mol. The van der Waals surface area contributed by atoms with Crippen molar-refractivity contribution in [3.63, 3.8) is 0 Å². The third-order valence-electron chi connectivity index (χ3n) is 3.78. The highest BCUT2D eigenvalue weighted by Crippen LogP contribution is 2.32. The molecular formula is C15H12N3O7P. The van der Waals surface area contributed by atoms with Gasteiger partial charge in [0.1, 0.15) is 0 Å². The third-order valence-corrected chi connectivity index (χ3v) is 4.75. The van der Waals surface area contributed by atoms with Crippen molar-refractivity contribution in [1.82, 2.24) is 9.55 Å². The monoisotopic (exact) mass is 377 g/mol. The number of aromatic nitrogens is 2. The summed E-state index contributed by atoms with van der Waals surface area (Å²) in [5.74, 6) is 0. The number of hydrogen-bond donors (Lipinski definition) is 3. The second-order valence-corrected chi connectivity index (χ2v) is 7.12. The molecule has 2 aromatic carbocycles. The molecule has 0 amide bonds. The number of nitro benzene ring substituents is 1. The number of hydrogen-bond acceptors (Lipinski definition) is 5. The Morgan fingerprint density at radius 2 is 1.77 bits per heavy atom. The molecule has 26 heavy (non-hydrogen) atoms. The summed E-state index contributed by atoms with van der Waals surface area (Å²) in [4.78, 5) is 55.0. The van der Waals surface area contributed by atoms with Crippen LogP contribution in [0.1, 0.15) is 5.56 Å². The first-order valence-corrected chi connectivity index (χ1v) is 8.84. The first-order valence-electron chi connectivity index (χ1n) is 7.23. The number of nitro groups is 1. The number of benzene rings is 2. The van der Waals surface area contributed by atoms with Crippen LogP contribution >= 0.6 is 7.60 Å². The minimum absolute atomic E-state index is 0.0954. The number of H-pyrrole nitrogens is 1. The predicted octanol–water partition coefficient (Wildman–Crippen LogP) is 0.449. The van der Waals surface area contributed by atoms with Crippen LogP contribution in [0.3, 0.4) is 0 Å². The van der Waals surface area contributed by atoms with Crippen LogP contribution in [0, 0.1) is 10.1 Å². The summed E-state index contributed by atoms with van der Waals surface area (Å²) in [7, 11) is -4.39. The normalized spacial score (nSPS) is 11.6. The van der Waals surface area contributed by atoms with Gasteiger partial charge in [-0.2, -0.15) is 0 Å². The van der Waals surface area contributed by atoms with E-state index in [-0.39, 0.29) is 28.6 Å². The summed E-state index contributed by atoms with van der Waals surface area (Å²) >= 11 is 0. The predicted molar refractivity (Wildman–Crippen MR) is 92.7 cm³/mol. The fourth-order valence-electron chi connectivity index (χ4n) is 2.51. The maximum atomic E-state index is 12.2. The second-order valence-electron chi connectivity index (χ2n) is 5.51. The largest absolute Gasteiger partial charge is 0.356 e. The van der Waals surface area contributed by atoms with Gasteiger partial charge in [-0.15, -0.1) is 0 Å². The molecule has 0 radical (unpaired) electrons. The first kappa shape index (κ1) is 17.7. The van der Waals surface area contributed by atoms with E-state index in [0.717, 1.165) is 4.57 Å². The molecule has 0 atom stereocenters. The topological polar surface area (TPSA) is 156 Å². The van der Waals surface area contributed by atoms with Gasteiger partial charge in [0.2, 0.25) is 0 Å². The minimum atomic E-state index is -4.39. The van der Waals surface area contributed by atoms with Crippen LogP contribution in [-0.2, 0) is 11.1 Å². The van der Waals surface area contributed by atoms with Crippen molar-refractivity contribution in [1.29, 1.82) is 0 Å². The Hall–Kier alpha value is -3.07. The maximum absolute atomic E-state index is 12.2. The Labute approximate surface area is 144 Å². The van der Waals surface area contributed by atoms with Gasteiger partial charge < -0.3 is 14.8 Å². The van der Waals surface area contributed by atoms with Crippen molar-refractivity contribution in [3.05, 3.63) is 78.8 Å². The highest BCUT2D eigenvalue weighted by Gasteiger charge is 2.17. The first-order chi connectivity index (χ1) is 12.2. The molecule has 0 unspecified atom stereocenters. The summed E-state index contributed by atoms with van der Waals surface area (Å²) in [6, 6.07) is 8.98. The standard InChI is InChI=1S/C15H12N3O7P/c19-14-15(20)17(8-9-1-4-11(5-2-9)26(23,24)25)13-7-10(18(21)22)3-6-12(13)16-14/h1-7H,8H2,(H,16,19)(H2,23,24,25). The molecule has 0 fully saturated rings. The van der Waals surface area contributed by atoms with E-state index in [4.69, 9.17) is 9.79 Å². The molecule has 11 heteroatoms. The number of nitrogens with one attached hydrogen (secondary N) is 1. The summed E-state index contributed by atoms with van der Waals surface area (Å²) < 4.78 is 12.3. The zero-order valence-electron chi connectivity index (χ0n) is 13.0. The average molecular weight is 377 g/mol. The SMILES string of the molecule is O=c1[nH]c2ccc([N+](=O)[O-])cc2n(Cc2ccc(P(=O)(O)O)cc2)c1=O. The Kier molecular flexibility index (Phi) is 4.33. The Morgan fingerprint density at radius 3 is 2.35 bits per heavy atom. The molecule has 0 aliphatic rings. The van der Waals surface area contributed by atoms with Gasteiger partial charge in [0.25, 0.3) is 5.69 Å². The molecule has 0 bridgehead atoms. The van der Waals surface area contributed by atoms with E-state index in [1.807, 2.05) is 0 Å². The Balaban J connectivity index is 2.14. The number of nitrogens with zero attached hydrogens (tertiary/aromatic N) is 2. The number of non-ortho nitro benzene ring substituents is 1. The average Bonchev–Trinajstić information content (AvgIpc) is 2.58. The molecule has 0 aliphatic carbocycles. The molecule has 0 aliphatic heterocycles. The Bertz CT molecular complexity index is 1170. The van der Waals surface area contributed by atoms with Crippen molar-refractivity contribution in [2.24, 2.45) is 0 Å². The van der Waals surface area contributed by atoms with E-state index in [2.05, 4.69) is 4.98 Å². The molecule has 3 aromatic rings. The van der Waals surface area contributed by atoms with Gasteiger partial charge in [0.05, 0.1) is 27.8 Å². The van der Waals surface area contributed by atoms with Gasteiger partial charge in [-0.3, -0.25) is 28.8 Å². The van der Waals surface area contributed by atoms with Gasteiger partial charge in [-0.1, -0.05) is 12.1 Å². The number of fused-ring (bicyclic) bond motifs is 1. The van der Waals surface area contributed by atoms with Gasteiger partial charge in [-0.25, -0.2) is 0 Å². The lowest BCUT2D eigenvalue weighted by Crippen LogP contribution is -2.36. The maximum Gasteiger partial charge on any atom is 0.356 e. The fourth-order valence-corrected chi connectivity index (χ4v) is 3.04.